The number of hydrogen-bond donors (Lipinski definition) is 2. The molecular weight excluding hydrogens is 392 g/mol. The molecule has 1 fully saturated rings. The smallest absolute Gasteiger partial charge is 0.387 e. The summed E-state index contributed by atoms with van der Waals surface area (Å²) in [6.45, 7) is -2.71. The average molecular weight is 417 g/mol. The van der Waals surface area contributed by atoms with Crippen molar-refractivity contribution in [2.75, 3.05) is 20.1 Å². The number of likely N-dealkylation sites (N-methyl/N-ethyl adjacent to an activating group) is 1. The highest BCUT2D eigenvalue weighted by Crippen LogP contribution is 2.25. The van der Waals surface area contributed by atoms with Crippen molar-refractivity contribution in [3.8, 4) is 5.75 Å². The van der Waals surface area contributed by atoms with Gasteiger partial charge in [0.1, 0.15) is 5.75 Å². The summed E-state index contributed by atoms with van der Waals surface area (Å²) >= 11 is 0. The van der Waals surface area contributed by atoms with E-state index in [1.165, 1.54) is 12.1 Å². The number of halogens is 2. The van der Waals surface area contributed by atoms with Crippen molar-refractivity contribution in [3.05, 3.63) is 65.7 Å². The molecule has 0 radical (unpaired) electrons. The van der Waals surface area contributed by atoms with Gasteiger partial charge in [-0.3, -0.25) is 14.5 Å². The molecule has 0 aliphatic heterocycles. The normalized spacial score (nSPS) is 14.4. The fourth-order valence-corrected chi connectivity index (χ4v) is 3.10. The summed E-state index contributed by atoms with van der Waals surface area (Å²) in [5.74, 6) is -0.297. The molecule has 0 heterocycles. The lowest BCUT2D eigenvalue weighted by Crippen LogP contribution is -2.42. The summed E-state index contributed by atoms with van der Waals surface area (Å²) in [7, 11) is 1.71. The maximum Gasteiger partial charge on any atom is 0.387 e. The van der Waals surface area contributed by atoms with E-state index < -0.39 is 12.7 Å². The van der Waals surface area contributed by atoms with E-state index >= 15 is 0 Å². The van der Waals surface area contributed by atoms with Crippen LogP contribution < -0.4 is 15.4 Å². The number of carbonyl (C=O) groups excluding carboxylic acids is 2. The Morgan fingerprint density at radius 2 is 1.60 bits per heavy atom. The van der Waals surface area contributed by atoms with Crippen molar-refractivity contribution in [1.29, 1.82) is 0 Å². The second kappa shape index (κ2) is 10.2. The van der Waals surface area contributed by atoms with Crippen LogP contribution in [-0.2, 0) is 9.59 Å². The SMILES string of the molecule is CN(CC(=O)NC1CC1)CC(=O)N[C@H](c1ccccc1)c1ccc(OC(F)F)cc1. The number of hydrogen-bond acceptors (Lipinski definition) is 4. The van der Waals surface area contributed by atoms with Gasteiger partial charge in [0, 0.05) is 6.04 Å². The van der Waals surface area contributed by atoms with Gasteiger partial charge in [0.2, 0.25) is 11.8 Å². The Morgan fingerprint density at radius 1 is 1.00 bits per heavy atom. The first kappa shape index (κ1) is 21.7. The molecule has 30 heavy (non-hydrogen) atoms. The fourth-order valence-electron chi connectivity index (χ4n) is 3.10. The topological polar surface area (TPSA) is 70.7 Å². The van der Waals surface area contributed by atoms with Crippen molar-refractivity contribution in [2.24, 2.45) is 0 Å². The molecule has 3 rings (SSSR count). The minimum absolute atomic E-state index is 0.0493. The lowest BCUT2D eigenvalue weighted by Gasteiger charge is -2.22. The van der Waals surface area contributed by atoms with Crippen LogP contribution in [0.1, 0.15) is 30.0 Å². The maximum absolute atomic E-state index is 12.6. The van der Waals surface area contributed by atoms with Crippen LogP contribution in [0.15, 0.2) is 54.6 Å². The summed E-state index contributed by atoms with van der Waals surface area (Å²) in [5, 5.41) is 5.86. The van der Waals surface area contributed by atoms with Crippen molar-refractivity contribution in [3.63, 3.8) is 0 Å². The minimum Gasteiger partial charge on any atom is -0.435 e. The molecule has 2 amide bonds. The van der Waals surface area contributed by atoms with E-state index in [0.717, 1.165) is 24.0 Å². The Bertz CT molecular complexity index is 842. The lowest BCUT2D eigenvalue weighted by atomic mass is 9.98. The Labute approximate surface area is 174 Å². The molecule has 0 unspecified atom stereocenters. The van der Waals surface area contributed by atoms with E-state index in [9.17, 15) is 18.4 Å². The predicted octanol–water partition coefficient (Wildman–Crippen LogP) is 2.70. The zero-order valence-electron chi connectivity index (χ0n) is 16.7. The molecule has 8 heteroatoms. The third-order valence-electron chi connectivity index (χ3n) is 4.65. The zero-order chi connectivity index (χ0) is 21.5. The van der Waals surface area contributed by atoms with Crippen LogP contribution in [0.2, 0.25) is 0 Å². The number of nitrogens with zero attached hydrogens (tertiary/aromatic N) is 1. The number of alkyl halides is 2. The van der Waals surface area contributed by atoms with E-state index in [1.54, 1.807) is 24.1 Å². The monoisotopic (exact) mass is 417 g/mol. The van der Waals surface area contributed by atoms with Gasteiger partial charge in [0.05, 0.1) is 19.1 Å². The van der Waals surface area contributed by atoms with Gasteiger partial charge >= 0.3 is 6.61 Å². The standard InChI is InChI=1S/C22H25F2N3O3/c1-27(13-19(28)25-17-9-10-17)14-20(29)26-21(15-5-3-2-4-6-15)16-7-11-18(12-8-16)30-22(23)24/h2-8,11-12,17,21-22H,9-10,13-14H2,1H3,(H,25,28)(H,26,29)/t21-/m1/s1. The lowest BCUT2D eigenvalue weighted by molar-refractivity contribution is -0.124. The molecule has 0 spiro atoms. The maximum atomic E-state index is 12.6. The zero-order valence-corrected chi connectivity index (χ0v) is 16.7. The third kappa shape index (κ3) is 6.81. The van der Waals surface area contributed by atoms with E-state index in [1.807, 2.05) is 30.3 Å². The molecule has 1 aliphatic carbocycles. The van der Waals surface area contributed by atoms with Gasteiger partial charge in [-0.05, 0) is 43.1 Å². The predicted molar refractivity (Wildman–Crippen MR) is 108 cm³/mol. The molecule has 1 aliphatic rings. The van der Waals surface area contributed by atoms with E-state index in [2.05, 4.69) is 15.4 Å². The van der Waals surface area contributed by atoms with Crippen LogP contribution in [0, 0.1) is 0 Å². The second-order valence-electron chi connectivity index (χ2n) is 7.37. The van der Waals surface area contributed by atoms with Crippen molar-refractivity contribution in [1.82, 2.24) is 15.5 Å². The largest absolute Gasteiger partial charge is 0.435 e. The summed E-state index contributed by atoms with van der Waals surface area (Å²) in [5.41, 5.74) is 1.58. The number of carbonyl (C=O) groups is 2. The molecule has 0 bridgehead atoms. The molecule has 1 saturated carbocycles. The van der Waals surface area contributed by atoms with Crippen LogP contribution >= 0.6 is 0 Å². The Hall–Kier alpha value is -3.00. The van der Waals surface area contributed by atoms with E-state index in [0.29, 0.717) is 0 Å². The number of nitrogens with one attached hydrogen (secondary N) is 2. The van der Waals surface area contributed by atoms with Crippen molar-refractivity contribution >= 4 is 11.8 Å². The quantitative estimate of drug-likeness (QED) is 0.624. The van der Waals surface area contributed by atoms with Gasteiger partial charge < -0.3 is 15.4 Å². The number of rotatable bonds is 10. The molecule has 2 aromatic rings. The molecule has 6 nitrogen and oxygen atoms in total. The summed E-state index contributed by atoms with van der Waals surface area (Å²) in [6.07, 6.45) is 2.02. The van der Waals surface area contributed by atoms with E-state index in [-0.39, 0.29) is 36.7 Å². The van der Waals surface area contributed by atoms with Crippen LogP contribution in [0.25, 0.3) is 0 Å². The number of amides is 2. The summed E-state index contributed by atoms with van der Waals surface area (Å²) in [6, 6.07) is 15.3. The first-order valence-electron chi connectivity index (χ1n) is 9.77. The molecule has 2 aromatic carbocycles. The van der Waals surface area contributed by atoms with Crippen LogP contribution in [-0.4, -0.2) is 49.5 Å². The van der Waals surface area contributed by atoms with Crippen LogP contribution in [0.4, 0.5) is 8.78 Å². The second-order valence-corrected chi connectivity index (χ2v) is 7.37. The van der Waals surface area contributed by atoms with Crippen LogP contribution in [0.3, 0.4) is 0 Å². The Balaban J connectivity index is 1.65. The first-order valence-corrected chi connectivity index (χ1v) is 9.77. The van der Waals surface area contributed by atoms with Gasteiger partial charge in [-0.25, -0.2) is 0 Å². The molecule has 0 saturated heterocycles. The summed E-state index contributed by atoms with van der Waals surface area (Å²) < 4.78 is 29.2. The van der Waals surface area contributed by atoms with Crippen molar-refractivity contribution in [2.45, 2.75) is 31.5 Å². The highest BCUT2D eigenvalue weighted by atomic mass is 19.3. The fraction of sp³-hybridized carbons (Fsp3) is 0.364. The van der Waals surface area contributed by atoms with Crippen molar-refractivity contribution < 1.29 is 23.1 Å². The van der Waals surface area contributed by atoms with E-state index in [4.69, 9.17) is 0 Å². The van der Waals surface area contributed by atoms with Gasteiger partial charge in [0.25, 0.3) is 0 Å². The van der Waals surface area contributed by atoms with Crippen LogP contribution in [0.5, 0.6) is 5.75 Å². The Morgan fingerprint density at radius 3 is 2.20 bits per heavy atom. The van der Waals surface area contributed by atoms with Gasteiger partial charge in [0.15, 0.2) is 0 Å². The highest BCUT2D eigenvalue weighted by Gasteiger charge is 2.24. The third-order valence-corrected chi connectivity index (χ3v) is 4.65. The van der Waals surface area contributed by atoms with Gasteiger partial charge in [-0.15, -0.1) is 0 Å². The van der Waals surface area contributed by atoms with Gasteiger partial charge in [-0.1, -0.05) is 42.5 Å². The molecule has 1 atom stereocenters. The molecule has 2 N–H and O–H groups in total. The number of ether oxygens (including phenoxy) is 1. The Kier molecular flexibility index (Phi) is 7.35. The first-order chi connectivity index (χ1) is 14.4. The molecular formula is C22H25F2N3O3. The molecule has 160 valence electrons. The highest BCUT2D eigenvalue weighted by molar-refractivity contribution is 5.81. The summed E-state index contributed by atoms with van der Waals surface area (Å²) in [4.78, 5) is 26.2. The number of benzene rings is 2. The minimum atomic E-state index is -2.90. The van der Waals surface area contributed by atoms with Gasteiger partial charge in [-0.2, -0.15) is 8.78 Å². The average Bonchev–Trinajstić information content (AvgIpc) is 3.50. The molecule has 0 aromatic heterocycles.